The Morgan fingerprint density at radius 1 is 1.28 bits per heavy atom. The van der Waals surface area contributed by atoms with E-state index in [2.05, 4.69) is 10.3 Å². The number of hydrogen-bond acceptors (Lipinski definition) is 6. The molecule has 132 valence electrons. The van der Waals surface area contributed by atoms with Crippen LogP contribution in [0.2, 0.25) is 0 Å². The summed E-state index contributed by atoms with van der Waals surface area (Å²) >= 11 is 0. The van der Waals surface area contributed by atoms with Gasteiger partial charge in [-0.3, -0.25) is 10.1 Å². The molecule has 1 aliphatic carbocycles. The number of esters is 1. The fourth-order valence-electron chi connectivity index (χ4n) is 3.13. The molecular weight excluding hydrogens is 324 g/mol. The standard InChI is InChI=1S/C17H20N4O4/c1-11-10-13(21(23)24)8-9-15(11)20-12(2)16(18-19-20)17(22)25-14-6-4-3-5-7-14/h8-10,14H,3-7H2,1-2H3. The highest BCUT2D eigenvalue weighted by molar-refractivity contribution is 5.88. The maximum atomic E-state index is 12.4. The Morgan fingerprint density at radius 2 is 2.00 bits per heavy atom. The van der Waals surface area contributed by atoms with Gasteiger partial charge in [-0.1, -0.05) is 11.6 Å². The molecule has 1 aromatic heterocycles. The van der Waals surface area contributed by atoms with E-state index in [9.17, 15) is 14.9 Å². The van der Waals surface area contributed by atoms with Gasteiger partial charge in [-0.25, -0.2) is 9.48 Å². The van der Waals surface area contributed by atoms with Crippen molar-refractivity contribution in [2.45, 2.75) is 52.1 Å². The Labute approximate surface area is 144 Å². The number of nitrogens with zero attached hydrogens (tertiary/aromatic N) is 4. The van der Waals surface area contributed by atoms with E-state index in [0.29, 0.717) is 16.9 Å². The van der Waals surface area contributed by atoms with Crippen molar-refractivity contribution in [3.05, 3.63) is 45.3 Å². The van der Waals surface area contributed by atoms with E-state index >= 15 is 0 Å². The lowest BCUT2D eigenvalue weighted by atomic mass is 9.98. The first-order chi connectivity index (χ1) is 12.0. The van der Waals surface area contributed by atoms with Crippen LogP contribution in [0.5, 0.6) is 0 Å². The predicted octanol–water partition coefficient (Wildman–Crippen LogP) is 3.28. The third kappa shape index (κ3) is 3.52. The van der Waals surface area contributed by atoms with E-state index in [1.54, 1.807) is 19.9 Å². The van der Waals surface area contributed by atoms with Gasteiger partial charge in [0.1, 0.15) is 6.10 Å². The monoisotopic (exact) mass is 344 g/mol. The summed E-state index contributed by atoms with van der Waals surface area (Å²) in [6.07, 6.45) is 5.06. The lowest BCUT2D eigenvalue weighted by Crippen LogP contribution is -2.21. The predicted molar refractivity (Wildman–Crippen MR) is 89.8 cm³/mol. The molecule has 1 heterocycles. The van der Waals surface area contributed by atoms with Gasteiger partial charge in [-0.2, -0.15) is 0 Å². The highest BCUT2D eigenvalue weighted by Gasteiger charge is 2.24. The number of aromatic nitrogens is 3. The fourth-order valence-corrected chi connectivity index (χ4v) is 3.13. The van der Waals surface area contributed by atoms with E-state index in [1.165, 1.54) is 23.2 Å². The number of non-ortho nitro benzene ring substituents is 1. The minimum absolute atomic E-state index is 0.0101. The molecule has 1 saturated carbocycles. The molecule has 2 aromatic rings. The number of hydrogen-bond donors (Lipinski definition) is 0. The quantitative estimate of drug-likeness (QED) is 0.479. The van der Waals surface area contributed by atoms with Gasteiger partial charge in [0.15, 0.2) is 5.69 Å². The number of benzene rings is 1. The van der Waals surface area contributed by atoms with Gasteiger partial charge in [0, 0.05) is 12.1 Å². The first-order valence-electron chi connectivity index (χ1n) is 8.36. The van der Waals surface area contributed by atoms with Crippen molar-refractivity contribution >= 4 is 11.7 Å². The van der Waals surface area contributed by atoms with Crippen LogP contribution in [0.25, 0.3) is 5.69 Å². The van der Waals surface area contributed by atoms with Gasteiger partial charge >= 0.3 is 5.97 Å². The molecule has 0 amide bonds. The zero-order valence-corrected chi connectivity index (χ0v) is 14.3. The maximum Gasteiger partial charge on any atom is 0.361 e. The molecule has 3 rings (SSSR count). The Hall–Kier alpha value is -2.77. The van der Waals surface area contributed by atoms with Crippen LogP contribution in [0.1, 0.15) is 53.8 Å². The summed E-state index contributed by atoms with van der Waals surface area (Å²) in [7, 11) is 0. The van der Waals surface area contributed by atoms with Gasteiger partial charge < -0.3 is 4.74 Å². The molecule has 0 bridgehead atoms. The van der Waals surface area contributed by atoms with Crippen LogP contribution in [-0.4, -0.2) is 32.0 Å². The van der Waals surface area contributed by atoms with Gasteiger partial charge in [0.25, 0.3) is 5.69 Å². The van der Waals surface area contributed by atoms with Crippen LogP contribution < -0.4 is 0 Å². The molecule has 0 spiro atoms. The molecule has 0 N–H and O–H groups in total. The Bertz CT molecular complexity index is 809. The molecule has 1 aromatic carbocycles. The van der Waals surface area contributed by atoms with E-state index in [4.69, 9.17) is 4.74 Å². The number of ether oxygens (including phenoxy) is 1. The molecular formula is C17H20N4O4. The summed E-state index contributed by atoms with van der Waals surface area (Å²) in [5, 5.41) is 18.9. The highest BCUT2D eigenvalue weighted by atomic mass is 16.6. The summed E-state index contributed by atoms with van der Waals surface area (Å²) in [5.74, 6) is -0.463. The zero-order chi connectivity index (χ0) is 18.0. The summed E-state index contributed by atoms with van der Waals surface area (Å²) in [5.41, 5.74) is 2.07. The van der Waals surface area contributed by atoms with Crippen molar-refractivity contribution in [3.8, 4) is 5.69 Å². The largest absolute Gasteiger partial charge is 0.458 e. The maximum absolute atomic E-state index is 12.4. The van der Waals surface area contributed by atoms with Crippen molar-refractivity contribution in [2.24, 2.45) is 0 Å². The van der Waals surface area contributed by atoms with E-state index in [0.717, 1.165) is 25.7 Å². The summed E-state index contributed by atoms with van der Waals surface area (Å²) < 4.78 is 7.05. The molecule has 8 heteroatoms. The minimum Gasteiger partial charge on any atom is -0.458 e. The first kappa shape index (κ1) is 17.1. The lowest BCUT2D eigenvalue weighted by molar-refractivity contribution is -0.384. The van der Waals surface area contributed by atoms with Gasteiger partial charge in [-0.05, 0) is 51.2 Å². The van der Waals surface area contributed by atoms with Crippen molar-refractivity contribution in [1.29, 1.82) is 0 Å². The van der Waals surface area contributed by atoms with Crippen LogP contribution in [0.3, 0.4) is 0 Å². The SMILES string of the molecule is Cc1cc([N+](=O)[O-])ccc1-n1nnc(C(=O)OC2CCCCC2)c1C. The number of nitro benzene ring substituents is 1. The van der Waals surface area contributed by atoms with Crippen molar-refractivity contribution in [1.82, 2.24) is 15.0 Å². The Balaban J connectivity index is 1.83. The van der Waals surface area contributed by atoms with Gasteiger partial charge in [0.05, 0.1) is 16.3 Å². The molecule has 0 saturated heterocycles. The van der Waals surface area contributed by atoms with Crippen LogP contribution in [0, 0.1) is 24.0 Å². The third-order valence-corrected chi connectivity index (χ3v) is 4.53. The van der Waals surface area contributed by atoms with E-state index in [1.807, 2.05) is 0 Å². The molecule has 0 atom stereocenters. The van der Waals surface area contributed by atoms with Crippen LogP contribution in [0.4, 0.5) is 5.69 Å². The minimum atomic E-state index is -0.463. The molecule has 8 nitrogen and oxygen atoms in total. The molecule has 25 heavy (non-hydrogen) atoms. The van der Waals surface area contributed by atoms with Crippen LogP contribution in [0.15, 0.2) is 18.2 Å². The van der Waals surface area contributed by atoms with Crippen molar-refractivity contribution in [3.63, 3.8) is 0 Å². The van der Waals surface area contributed by atoms with Crippen molar-refractivity contribution < 1.29 is 14.5 Å². The molecule has 1 aliphatic rings. The number of nitro groups is 1. The van der Waals surface area contributed by atoms with Crippen LogP contribution >= 0.6 is 0 Å². The smallest absolute Gasteiger partial charge is 0.361 e. The second kappa shape index (κ2) is 7.00. The Kier molecular flexibility index (Phi) is 4.78. The third-order valence-electron chi connectivity index (χ3n) is 4.53. The normalized spacial score (nSPS) is 15.1. The average Bonchev–Trinajstić information content (AvgIpc) is 2.97. The number of rotatable bonds is 4. The fraction of sp³-hybridized carbons (Fsp3) is 0.471. The van der Waals surface area contributed by atoms with Crippen molar-refractivity contribution in [2.75, 3.05) is 0 Å². The highest BCUT2D eigenvalue weighted by Crippen LogP contribution is 2.24. The molecule has 0 unspecified atom stereocenters. The Morgan fingerprint density at radius 3 is 2.64 bits per heavy atom. The van der Waals surface area contributed by atoms with Gasteiger partial charge in [-0.15, -0.1) is 5.10 Å². The van der Waals surface area contributed by atoms with Crippen LogP contribution in [-0.2, 0) is 4.74 Å². The molecule has 0 radical (unpaired) electrons. The number of carbonyl (C=O) groups is 1. The molecule has 1 fully saturated rings. The number of carbonyl (C=O) groups excluding carboxylic acids is 1. The molecule has 0 aliphatic heterocycles. The second-order valence-electron chi connectivity index (χ2n) is 6.33. The average molecular weight is 344 g/mol. The summed E-state index contributed by atoms with van der Waals surface area (Å²) in [4.78, 5) is 22.8. The van der Waals surface area contributed by atoms with Gasteiger partial charge in [0.2, 0.25) is 0 Å². The number of aryl methyl sites for hydroxylation is 1. The first-order valence-corrected chi connectivity index (χ1v) is 8.36. The topological polar surface area (TPSA) is 100 Å². The van der Waals surface area contributed by atoms with E-state index in [-0.39, 0.29) is 17.5 Å². The zero-order valence-electron chi connectivity index (χ0n) is 14.3. The lowest BCUT2D eigenvalue weighted by Gasteiger charge is -2.21. The summed E-state index contributed by atoms with van der Waals surface area (Å²) in [6.45, 7) is 3.49. The van der Waals surface area contributed by atoms with E-state index < -0.39 is 10.9 Å². The summed E-state index contributed by atoms with van der Waals surface area (Å²) in [6, 6.07) is 4.48. The second-order valence-corrected chi connectivity index (χ2v) is 6.33.